The number of halogens is 1. The highest BCUT2D eigenvalue weighted by atomic mass is 79.9. The molecule has 0 aliphatic carbocycles. The molecule has 0 saturated carbocycles. The van der Waals surface area contributed by atoms with Crippen LogP contribution in [0.3, 0.4) is 0 Å². The molecule has 1 fully saturated rings. The van der Waals surface area contributed by atoms with E-state index in [1.165, 1.54) is 25.7 Å². The number of esters is 1. The van der Waals surface area contributed by atoms with E-state index >= 15 is 0 Å². The van der Waals surface area contributed by atoms with E-state index < -0.39 is 0 Å². The molecule has 1 heterocycles. The van der Waals surface area contributed by atoms with Crippen LogP contribution in [0.5, 0.6) is 0 Å². The zero-order valence-corrected chi connectivity index (χ0v) is 23.8. The van der Waals surface area contributed by atoms with Gasteiger partial charge in [-0.2, -0.15) is 0 Å². The number of allylic oxidation sites excluding steroid dienone is 2. The molecule has 0 aromatic rings. The van der Waals surface area contributed by atoms with Crippen molar-refractivity contribution < 1.29 is 23.8 Å². The molecule has 0 bridgehead atoms. The fourth-order valence-corrected chi connectivity index (χ4v) is 3.69. The van der Waals surface area contributed by atoms with Gasteiger partial charge in [-0.3, -0.25) is 9.59 Å². The first-order valence-electron chi connectivity index (χ1n) is 12.9. The second kappa shape index (κ2) is 17.0. The summed E-state index contributed by atoms with van der Waals surface area (Å²) in [6.45, 7) is 19.9. The number of rotatable bonds is 20. The number of likely N-dealkylation sites (tertiary alicyclic amines) is 1. The third kappa shape index (κ3) is 13.9. The minimum Gasteiger partial charge on any atom is -0.496 e. The van der Waals surface area contributed by atoms with Gasteiger partial charge in [0.05, 0.1) is 16.8 Å². The Hall–Kier alpha value is -1.60. The number of hydrogen-bond donors (Lipinski definition) is 0. The molecule has 0 N–H and O–H groups in total. The van der Waals surface area contributed by atoms with Crippen molar-refractivity contribution in [3.8, 4) is 0 Å². The lowest BCUT2D eigenvalue weighted by atomic mass is 10.1. The minimum absolute atomic E-state index is 0.179. The van der Waals surface area contributed by atoms with Gasteiger partial charge >= 0.3 is 5.97 Å². The zero-order chi connectivity index (χ0) is 26.3. The van der Waals surface area contributed by atoms with Crippen LogP contribution in [0.15, 0.2) is 36.8 Å². The molecule has 1 aliphatic rings. The first-order valence-corrected chi connectivity index (χ1v) is 13.7. The molecule has 6 nitrogen and oxygen atoms in total. The Morgan fingerprint density at radius 1 is 1.00 bits per heavy atom. The molecule has 7 heteroatoms. The van der Waals surface area contributed by atoms with Crippen LogP contribution in [0, 0.1) is 5.92 Å². The molecule has 1 saturated heterocycles. The van der Waals surface area contributed by atoms with Crippen LogP contribution in [0.4, 0.5) is 0 Å². The van der Waals surface area contributed by atoms with E-state index in [0.29, 0.717) is 31.9 Å². The van der Waals surface area contributed by atoms with Gasteiger partial charge in [0, 0.05) is 25.3 Å². The van der Waals surface area contributed by atoms with Crippen LogP contribution in [0.25, 0.3) is 0 Å². The summed E-state index contributed by atoms with van der Waals surface area (Å²) in [4.78, 5) is 25.6. The zero-order valence-electron chi connectivity index (χ0n) is 22.2. The summed E-state index contributed by atoms with van der Waals surface area (Å²) in [6, 6.07) is 0. The van der Waals surface area contributed by atoms with Crippen molar-refractivity contribution in [3.05, 3.63) is 36.8 Å². The van der Waals surface area contributed by atoms with Gasteiger partial charge in [0.25, 0.3) is 0 Å². The number of amides is 1. The highest BCUT2D eigenvalue weighted by Crippen LogP contribution is 2.26. The van der Waals surface area contributed by atoms with Gasteiger partial charge in [0.15, 0.2) is 0 Å². The lowest BCUT2D eigenvalue weighted by Gasteiger charge is -2.21. The third-order valence-corrected chi connectivity index (χ3v) is 6.50. The number of alkyl halides is 1. The molecule has 35 heavy (non-hydrogen) atoms. The Balaban J connectivity index is 1.89. The van der Waals surface area contributed by atoms with Crippen LogP contribution in [-0.2, 0) is 23.8 Å². The average molecular weight is 557 g/mol. The van der Waals surface area contributed by atoms with Crippen molar-refractivity contribution in [2.45, 2.75) is 89.3 Å². The topological polar surface area (TPSA) is 65.1 Å². The van der Waals surface area contributed by atoms with Crippen molar-refractivity contribution in [3.63, 3.8) is 0 Å². The van der Waals surface area contributed by atoms with Crippen molar-refractivity contribution in [1.82, 2.24) is 4.90 Å². The molecular formula is C28H46BrNO5. The monoisotopic (exact) mass is 555 g/mol. The molecule has 1 atom stereocenters. The van der Waals surface area contributed by atoms with E-state index in [1.807, 2.05) is 13.8 Å². The van der Waals surface area contributed by atoms with E-state index in [2.05, 4.69) is 35.7 Å². The summed E-state index contributed by atoms with van der Waals surface area (Å²) in [5.41, 5.74) is 2.05. The number of nitrogens with zero attached hydrogens (tertiary/aromatic N) is 1. The van der Waals surface area contributed by atoms with Gasteiger partial charge in [-0.1, -0.05) is 73.3 Å². The Morgan fingerprint density at radius 3 is 2.23 bits per heavy atom. The molecule has 0 radical (unpaired) electrons. The number of carbonyl (C=O) groups excluding carboxylic acids is 2. The second-order valence-electron chi connectivity index (χ2n) is 9.91. The molecule has 1 unspecified atom stereocenters. The van der Waals surface area contributed by atoms with Gasteiger partial charge in [0.1, 0.15) is 19.0 Å². The number of hydrogen-bond acceptors (Lipinski definition) is 5. The molecule has 200 valence electrons. The maximum absolute atomic E-state index is 12.0. The summed E-state index contributed by atoms with van der Waals surface area (Å²) in [5.74, 6) is 0.129. The van der Waals surface area contributed by atoms with Crippen LogP contribution >= 0.6 is 15.9 Å². The quantitative estimate of drug-likeness (QED) is 0.0549. The summed E-state index contributed by atoms with van der Waals surface area (Å²) < 4.78 is 16.1. The maximum atomic E-state index is 12.0. The molecular weight excluding hydrogens is 510 g/mol. The van der Waals surface area contributed by atoms with E-state index in [9.17, 15) is 9.59 Å². The molecule has 1 rings (SSSR count). The summed E-state index contributed by atoms with van der Waals surface area (Å²) in [7, 11) is 0. The summed E-state index contributed by atoms with van der Waals surface area (Å²) in [6.07, 6.45) is 10.5. The van der Waals surface area contributed by atoms with Gasteiger partial charge in [0.2, 0.25) is 5.91 Å². The third-order valence-electron chi connectivity index (χ3n) is 6.06. The lowest BCUT2D eigenvalue weighted by molar-refractivity contribution is -0.151. The first-order chi connectivity index (χ1) is 16.5. The SMILES string of the molecule is C=C(CCCCCCCCCOCCOC(=O)C(C)COC(=C)C(C)(C)Br)CN1C(=C)CCC1=O. The largest absolute Gasteiger partial charge is 0.496 e. The van der Waals surface area contributed by atoms with E-state index in [-0.39, 0.29) is 35.3 Å². The Kier molecular flexibility index (Phi) is 15.2. The van der Waals surface area contributed by atoms with Crippen LogP contribution in [0.1, 0.15) is 85.0 Å². The fourth-order valence-electron chi connectivity index (χ4n) is 3.57. The number of carbonyl (C=O) groups is 2. The lowest BCUT2D eigenvalue weighted by Crippen LogP contribution is -2.25. The standard InChI is InChI=1S/C28H46BrNO5/c1-22(20-30-24(3)15-16-26(30)31)14-12-10-8-7-9-11-13-17-33-18-19-34-27(32)23(2)21-35-25(4)28(5,6)29/h23H,1,3-4,7-21H2,2,5-6H3. The first kappa shape index (κ1) is 31.4. The number of ether oxygens (including phenoxy) is 3. The molecule has 0 spiro atoms. The van der Waals surface area contributed by atoms with Crippen LogP contribution < -0.4 is 0 Å². The maximum Gasteiger partial charge on any atom is 0.312 e. The van der Waals surface area contributed by atoms with Crippen molar-refractivity contribution in [1.29, 1.82) is 0 Å². The Bertz CT molecular complexity index is 697. The van der Waals surface area contributed by atoms with E-state index in [1.54, 1.807) is 11.8 Å². The second-order valence-corrected chi connectivity index (χ2v) is 11.9. The van der Waals surface area contributed by atoms with Crippen LogP contribution in [-0.4, -0.2) is 54.1 Å². The summed E-state index contributed by atoms with van der Waals surface area (Å²) >= 11 is 3.47. The molecule has 1 aliphatic heterocycles. The molecule has 0 aromatic heterocycles. The Morgan fingerprint density at radius 2 is 1.63 bits per heavy atom. The fraction of sp³-hybridized carbons (Fsp3) is 0.714. The normalized spacial score (nSPS) is 14.8. The highest BCUT2D eigenvalue weighted by molar-refractivity contribution is 9.10. The van der Waals surface area contributed by atoms with Gasteiger partial charge in [-0.25, -0.2) is 0 Å². The van der Waals surface area contributed by atoms with Gasteiger partial charge in [-0.05, 0) is 46.5 Å². The number of unbranched alkanes of at least 4 members (excludes halogenated alkanes) is 6. The highest BCUT2D eigenvalue weighted by Gasteiger charge is 2.24. The van der Waals surface area contributed by atoms with E-state index in [4.69, 9.17) is 14.2 Å². The average Bonchev–Trinajstić information content (AvgIpc) is 3.11. The molecule has 0 aromatic carbocycles. The summed E-state index contributed by atoms with van der Waals surface area (Å²) in [5, 5.41) is 0. The van der Waals surface area contributed by atoms with Crippen molar-refractivity contribution in [2.75, 3.05) is 33.0 Å². The Labute approximate surface area is 221 Å². The van der Waals surface area contributed by atoms with E-state index in [0.717, 1.165) is 43.4 Å². The predicted octanol–water partition coefficient (Wildman–Crippen LogP) is 6.70. The van der Waals surface area contributed by atoms with Gasteiger partial charge < -0.3 is 19.1 Å². The smallest absolute Gasteiger partial charge is 0.312 e. The van der Waals surface area contributed by atoms with Gasteiger partial charge in [-0.15, -0.1) is 0 Å². The van der Waals surface area contributed by atoms with Crippen LogP contribution in [0.2, 0.25) is 0 Å². The van der Waals surface area contributed by atoms with Crippen molar-refractivity contribution in [2.24, 2.45) is 5.92 Å². The predicted molar refractivity (Wildman–Crippen MR) is 145 cm³/mol. The minimum atomic E-state index is -0.353. The van der Waals surface area contributed by atoms with Crippen molar-refractivity contribution >= 4 is 27.8 Å². The molecule has 1 amide bonds.